The lowest BCUT2D eigenvalue weighted by atomic mass is 9.93. The van der Waals surface area contributed by atoms with E-state index >= 15 is 0 Å². The molecule has 0 saturated carbocycles. The molecule has 22 heavy (non-hydrogen) atoms. The number of hydrogen-bond donors (Lipinski definition) is 1. The Morgan fingerprint density at radius 1 is 1.36 bits per heavy atom. The predicted molar refractivity (Wildman–Crippen MR) is 88.4 cm³/mol. The van der Waals surface area contributed by atoms with Gasteiger partial charge in [-0.3, -0.25) is 4.79 Å². The molecule has 4 nitrogen and oxygen atoms in total. The van der Waals surface area contributed by atoms with Crippen LogP contribution >= 0.6 is 0 Å². The van der Waals surface area contributed by atoms with E-state index in [0.717, 1.165) is 36.5 Å². The summed E-state index contributed by atoms with van der Waals surface area (Å²) in [5.74, 6) is 1.77. The first-order valence-corrected chi connectivity index (χ1v) is 8.42. The van der Waals surface area contributed by atoms with E-state index in [4.69, 9.17) is 4.74 Å². The minimum atomic E-state index is 0.0529. The number of carbonyl (C=O) groups is 1. The van der Waals surface area contributed by atoms with E-state index in [2.05, 4.69) is 5.32 Å². The van der Waals surface area contributed by atoms with Crippen LogP contribution in [0.5, 0.6) is 5.75 Å². The van der Waals surface area contributed by atoms with Crippen LogP contribution in [0.1, 0.15) is 38.2 Å². The van der Waals surface area contributed by atoms with Gasteiger partial charge in [-0.2, -0.15) is 0 Å². The number of rotatable bonds is 3. The molecule has 0 spiro atoms. The Morgan fingerprint density at radius 2 is 2.14 bits per heavy atom. The molecular weight excluding hydrogens is 276 g/mol. The zero-order valence-electron chi connectivity index (χ0n) is 13.6. The fourth-order valence-corrected chi connectivity index (χ4v) is 3.42. The fraction of sp³-hybridized carbons (Fsp3) is 0.611. The van der Waals surface area contributed by atoms with Crippen molar-refractivity contribution in [1.29, 1.82) is 0 Å². The maximum atomic E-state index is 12.7. The summed E-state index contributed by atoms with van der Waals surface area (Å²) in [6, 6.07) is 6.09. The third-order valence-corrected chi connectivity index (χ3v) is 4.70. The van der Waals surface area contributed by atoms with Crippen molar-refractivity contribution in [3.8, 4) is 5.75 Å². The zero-order valence-corrected chi connectivity index (χ0v) is 13.6. The van der Waals surface area contributed by atoms with Crippen LogP contribution < -0.4 is 15.0 Å². The van der Waals surface area contributed by atoms with Crippen LogP contribution in [0.3, 0.4) is 0 Å². The Hall–Kier alpha value is -1.55. The molecule has 2 heterocycles. The first kappa shape index (κ1) is 15.3. The standard InChI is InChI=1S/C18H26N2O2/c1-13-3-5-16-17(11-13)22-14(2)12-20(16)18(21)6-4-15-7-9-19-10-8-15/h3,5,11,14-15,19H,4,6-10,12H2,1-2H3. The van der Waals surface area contributed by atoms with Crippen LogP contribution in [-0.4, -0.2) is 31.6 Å². The summed E-state index contributed by atoms with van der Waals surface area (Å²) in [6.45, 7) is 6.91. The van der Waals surface area contributed by atoms with E-state index in [1.807, 2.05) is 36.9 Å². The third-order valence-electron chi connectivity index (χ3n) is 4.70. The molecule has 0 aliphatic carbocycles. The number of nitrogens with one attached hydrogen (secondary N) is 1. The molecular formula is C18H26N2O2. The predicted octanol–water partition coefficient (Wildman–Crippen LogP) is 2.89. The summed E-state index contributed by atoms with van der Waals surface area (Å²) in [6.07, 6.45) is 4.10. The van der Waals surface area contributed by atoms with E-state index in [9.17, 15) is 4.79 Å². The van der Waals surface area contributed by atoms with Crippen LogP contribution in [0.15, 0.2) is 18.2 Å². The molecule has 1 saturated heterocycles. The molecule has 1 atom stereocenters. The first-order chi connectivity index (χ1) is 10.6. The number of amides is 1. The van der Waals surface area contributed by atoms with Gasteiger partial charge < -0.3 is 15.0 Å². The molecule has 1 aromatic carbocycles. The molecule has 1 aromatic rings. The first-order valence-electron chi connectivity index (χ1n) is 8.42. The lowest BCUT2D eigenvalue weighted by molar-refractivity contribution is -0.119. The molecule has 0 bridgehead atoms. The third kappa shape index (κ3) is 3.43. The minimum absolute atomic E-state index is 0.0529. The quantitative estimate of drug-likeness (QED) is 0.933. The smallest absolute Gasteiger partial charge is 0.227 e. The largest absolute Gasteiger partial charge is 0.487 e. The summed E-state index contributed by atoms with van der Waals surface area (Å²) in [5.41, 5.74) is 2.09. The number of carbonyl (C=O) groups excluding carboxylic acids is 1. The second kappa shape index (κ2) is 6.69. The minimum Gasteiger partial charge on any atom is -0.487 e. The molecule has 2 aliphatic heterocycles. The zero-order chi connectivity index (χ0) is 15.5. The maximum absolute atomic E-state index is 12.7. The Bertz CT molecular complexity index is 538. The van der Waals surface area contributed by atoms with E-state index < -0.39 is 0 Å². The van der Waals surface area contributed by atoms with E-state index in [0.29, 0.717) is 18.9 Å². The summed E-state index contributed by atoms with van der Waals surface area (Å²) >= 11 is 0. The molecule has 0 radical (unpaired) electrons. The van der Waals surface area contributed by atoms with Gasteiger partial charge in [-0.15, -0.1) is 0 Å². The normalized spacial score (nSPS) is 22.1. The summed E-state index contributed by atoms with van der Waals surface area (Å²) in [5, 5.41) is 3.38. The van der Waals surface area contributed by atoms with Crippen molar-refractivity contribution in [2.75, 3.05) is 24.5 Å². The fourth-order valence-electron chi connectivity index (χ4n) is 3.42. The SMILES string of the molecule is Cc1ccc2c(c1)OC(C)CN2C(=O)CCC1CCNCC1. The summed E-state index contributed by atoms with van der Waals surface area (Å²) < 4.78 is 5.89. The average Bonchev–Trinajstić information content (AvgIpc) is 2.52. The van der Waals surface area contributed by atoms with Crippen molar-refractivity contribution >= 4 is 11.6 Å². The monoisotopic (exact) mass is 302 g/mol. The number of hydrogen-bond acceptors (Lipinski definition) is 3. The van der Waals surface area contributed by atoms with Gasteiger partial charge in [0.1, 0.15) is 11.9 Å². The molecule has 2 aliphatic rings. The number of anilines is 1. The highest BCUT2D eigenvalue weighted by atomic mass is 16.5. The van der Waals surface area contributed by atoms with E-state index in [1.165, 1.54) is 12.8 Å². The molecule has 0 aromatic heterocycles. The van der Waals surface area contributed by atoms with Gasteiger partial charge in [0.05, 0.1) is 12.2 Å². The van der Waals surface area contributed by atoms with Crippen LogP contribution in [0.25, 0.3) is 0 Å². The maximum Gasteiger partial charge on any atom is 0.227 e. The number of ether oxygens (including phenoxy) is 1. The highest BCUT2D eigenvalue weighted by Gasteiger charge is 2.28. The Balaban J connectivity index is 1.67. The molecule has 3 rings (SSSR count). The molecule has 1 fully saturated rings. The second-order valence-electron chi connectivity index (χ2n) is 6.64. The van der Waals surface area contributed by atoms with Crippen molar-refractivity contribution in [2.24, 2.45) is 5.92 Å². The molecule has 1 amide bonds. The van der Waals surface area contributed by atoms with Crippen molar-refractivity contribution < 1.29 is 9.53 Å². The second-order valence-corrected chi connectivity index (χ2v) is 6.64. The highest BCUT2D eigenvalue weighted by Crippen LogP contribution is 2.35. The van der Waals surface area contributed by atoms with Crippen LogP contribution in [-0.2, 0) is 4.79 Å². The van der Waals surface area contributed by atoms with Crippen molar-refractivity contribution in [2.45, 2.75) is 45.6 Å². The molecule has 4 heteroatoms. The summed E-state index contributed by atoms with van der Waals surface area (Å²) in [7, 11) is 0. The van der Waals surface area contributed by atoms with Gasteiger partial charge in [-0.05, 0) is 69.8 Å². The van der Waals surface area contributed by atoms with Gasteiger partial charge in [0, 0.05) is 6.42 Å². The molecule has 1 unspecified atom stereocenters. The van der Waals surface area contributed by atoms with Crippen LogP contribution in [0, 0.1) is 12.8 Å². The Morgan fingerprint density at radius 3 is 2.91 bits per heavy atom. The van der Waals surface area contributed by atoms with Gasteiger partial charge in [0.15, 0.2) is 0 Å². The number of nitrogens with zero attached hydrogens (tertiary/aromatic N) is 1. The van der Waals surface area contributed by atoms with E-state index in [-0.39, 0.29) is 12.0 Å². The molecule has 1 N–H and O–H groups in total. The highest BCUT2D eigenvalue weighted by molar-refractivity contribution is 5.95. The van der Waals surface area contributed by atoms with Gasteiger partial charge in [0.25, 0.3) is 0 Å². The number of benzene rings is 1. The topological polar surface area (TPSA) is 41.6 Å². The van der Waals surface area contributed by atoms with Crippen LogP contribution in [0.4, 0.5) is 5.69 Å². The van der Waals surface area contributed by atoms with Crippen molar-refractivity contribution in [3.63, 3.8) is 0 Å². The summed E-state index contributed by atoms with van der Waals surface area (Å²) in [4.78, 5) is 14.6. The number of aryl methyl sites for hydroxylation is 1. The van der Waals surface area contributed by atoms with Crippen molar-refractivity contribution in [3.05, 3.63) is 23.8 Å². The van der Waals surface area contributed by atoms with Crippen LogP contribution in [0.2, 0.25) is 0 Å². The van der Waals surface area contributed by atoms with Crippen molar-refractivity contribution in [1.82, 2.24) is 5.32 Å². The lowest BCUT2D eigenvalue weighted by Gasteiger charge is -2.34. The van der Waals surface area contributed by atoms with E-state index in [1.54, 1.807) is 0 Å². The molecule has 120 valence electrons. The Labute approximate surface area is 132 Å². The number of piperidine rings is 1. The number of fused-ring (bicyclic) bond motifs is 1. The lowest BCUT2D eigenvalue weighted by Crippen LogP contribution is -2.42. The van der Waals surface area contributed by atoms with Gasteiger partial charge in [-0.25, -0.2) is 0 Å². The van der Waals surface area contributed by atoms with Gasteiger partial charge in [-0.1, -0.05) is 6.07 Å². The Kier molecular flexibility index (Phi) is 4.67. The van der Waals surface area contributed by atoms with Gasteiger partial charge >= 0.3 is 0 Å². The van der Waals surface area contributed by atoms with Gasteiger partial charge in [0.2, 0.25) is 5.91 Å². The average molecular weight is 302 g/mol.